The summed E-state index contributed by atoms with van der Waals surface area (Å²) < 4.78 is 0. The minimum absolute atomic E-state index is 0.379. The topological polar surface area (TPSA) is 48.7 Å². The summed E-state index contributed by atoms with van der Waals surface area (Å²) in [5.74, 6) is 0. The SMILES string of the molecule is Cc1cc(Nc2cc(Cl)c(Cl)cc2Cl)c(C#N)c(C)n1. The van der Waals surface area contributed by atoms with Crippen LogP contribution in [0.25, 0.3) is 0 Å². The minimum Gasteiger partial charge on any atom is -0.353 e. The van der Waals surface area contributed by atoms with Crippen LogP contribution in [0.5, 0.6) is 0 Å². The maximum absolute atomic E-state index is 9.23. The molecule has 0 saturated heterocycles. The molecule has 0 aliphatic carbocycles. The molecule has 2 aromatic rings. The van der Waals surface area contributed by atoms with Gasteiger partial charge in [0.25, 0.3) is 0 Å². The molecule has 0 atom stereocenters. The Morgan fingerprint density at radius 1 is 1.00 bits per heavy atom. The van der Waals surface area contributed by atoms with Gasteiger partial charge in [0.1, 0.15) is 6.07 Å². The highest BCUT2D eigenvalue weighted by molar-refractivity contribution is 6.44. The zero-order valence-corrected chi connectivity index (χ0v) is 13.0. The van der Waals surface area contributed by atoms with Crippen LogP contribution in [0.1, 0.15) is 17.0 Å². The van der Waals surface area contributed by atoms with E-state index in [0.29, 0.717) is 37.7 Å². The zero-order chi connectivity index (χ0) is 14.9. The molecular weight excluding hydrogens is 317 g/mol. The van der Waals surface area contributed by atoms with Gasteiger partial charge >= 0.3 is 0 Å². The van der Waals surface area contributed by atoms with Crippen LogP contribution in [0.15, 0.2) is 18.2 Å². The monoisotopic (exact) mass is 325 g/mol. The van der Waals surface area contributed by atoms with Crippen LogP contribution in [0.2, 0.25) is 15.1 Å². The third kappa shape index (κ3) is 2.99. The van der Waals surface area contributed by atoms with E-state index in [2.05, 4.69) is 16.4 Å². The molecule has 0 aliphatic heterocycles. The highest BCUT2D eigenvalue weighted by atomic mass is 35.5. The molecule has 1 N–H and O–H groups in total. The van der Waals surface area contributed by atoms with Gasteiger partial charge in [-0.2, -0.15) is 5.26 Å². The van der Waals surface area contributed by atoms with E-state index < -0.39 is 0 Å². The molecule has 3 nitrogen and oxygen atoms in total. The summed E-state index contributed by atoms with van der Waals surface area (Å²) >= 11 is 18.0. The summed E-state index contributed by atoms with van der Waals surface area (Å²) in [6.45, 7) is 3.64. The van der Waals surface area contributed by atoms with Crippen LogP contribution in [0, 0.1) is 25.2 Å². The zero-order valence-electron chi connectivity index (χ0n) is 10.8. The lowest BCUT2D eigenvalue weighted by Crippen LogP contribution is -2.00. The molecule has 1 aromatic carbocycles. The van der Waals surface area contributed by atoms with Gasteiger partial charge in [0, 0.05) is 5.69 Å². The molecule has 0 radical (unpaired) electrons. The Morgan fingerprint density at radius 3 is 2.30 bits per heavy atom. The number of nitrogens with one attached hydrogen (secondary N) is 1. The van der Waals surface area contributed by atoms with Gasteiger partial charge in [-0.25, -0.2) is 0 Å². The molecule has 0 saturated carbocycles. The largest absolute Gasteiger partial charge is 0.353 e. The van der Waals surface area contributed by atoms with E-state index in [0.717, 1.165) is 5.69 Å². The van der Waals surface area contributed by atoms with Gasteiger partial charge in [-0.3, -0.25) is 4.98 Å². The number of hydrogen-bond acceptors (Lipinski definition) is 3. The van der Waals surface area contributed by atoms with E-state index in [1.165, 1.54) is 0 Å². The van der Waals surface area contributed by atoms with Crippen LogP contribution in [0.4, 0.5) is 11.4 Å². The highest BCUT2D eigenvalue weighted by Crippen LogP contribution is 2.34. The van der Waals surface area contributed by atoms with Crippen molar-refractivity contribution in [3.05, 3.63) is 50.2 Å². The van der Waals surface area contributed by atoms with Crippen LogP contribution in [-0.2, 0) is 0 Å². The molecule has 2 rings (SSSR count). The molecule has 0 amide bonds. The molecule has 6 heteroatoms. The second-order valence-corrected chi connectivity index (χ2v) is 5.48. The maximum atomic E-state index is 9.23. The molecule has 102 valence electrons. The summed E-state index contributed by atoms with van der Waals surface area (Å²) in [4.78, 5) is 4.26. The second-order valence-electron chi connectivity index (χ2n) is 4.25. The van der Waals surface area contributed by atoms with Crippen molar-refractivity contribution in [2.45, 2.75) is 13.8 Å². The predicted molar refractivity (Wildman–Crippen MR) is 83.2 cm³/mol. The quantitative estimate of drug-likeness (QED) is 0.764. The average Bonchev–Trinajstić information content (AvgIpc) is 2.35. The molecule has 0 fully saturated rings. The number of aromatic nitrogens is 1. The third-order valence-corrected chi connectivity index (χ3v) is 3.75. The van der Waals surface area contributed by atoms with Gasteiger partial charge < -0.3 is 5.32 Å². The van der Waals surface area contributed by atoms with Crippen molar-refractivity contribution in [1.82, 2.24) is 4.98 Å². The molecule has 0 unspecified atom stereocenters. The van der Waals surface area contributed by atoms with Crippen molar-refractivity contribution in [2.24, 2.45) is 0 Å². The summed E-state index contributed by atoms with van der Waals surface area (Å²) in [6.07, 6.45) is 0. The van der Waals surface area contributed by atoms with Gasteiger partial charge in [-0.05, 0) is 32.0 Å². The first-order valence-corrected chi connectivity index (χ1v) is 6.85. The molecule has 0 spiro atoms. The summed E-state index contributed by atoms with van der Waals surface area (Å²) in [5, 5.41) is 13.5. The number of hydrogen-bond donors (Lipinski definition) is 1. The van der Waals surface area contributed by atoms with E-state index >= 15 is 0 Å². The van der Waals surface area contributed by atoms with Crippen molar-refractivity contribution in [3.8, 4) is 6.07 Å². The number of aryl methyl sites for hydroxylation is 2. The minimum atomic E-state index is 0.379. The lowest BCUT2D eigenvalue weighted by atomic mass is 10.1. The van der Waals surface area contributed by atoms with E-state index in [4.69, 9.17) is 34.8 Å². The lowest BCUT2D eigenvalue weighted by Gasteiger charge is -2.13. The number of halogens is 3. The smallest absolute Gasteiger partial charge is 0.103 e. The first-order chi connectivity index (χ1) is 9.42. The number of pyridine rings is 1. The Kier molecular flexibility index (Phi) is 4.39. The van der Waals surface area contributed by atoms with Crippen LogP contribution >= 0.6 is 34.8 Å². The van der Waals surface area contributed by atoms with Gasteiger partial charge in [0.2, 0.25) is 0 Å². The number of rotatable bonds is 2. The number of anilines is 2. The van der Waals surface area contributed by atoms with Crippen molar-refractivity contribution in [3.63, 3.8) is 0 Å². The van der Waals surface area contributed by atoms with Crippen LogP contribution < -0.4 is 5.32 Å². The van der Waals surface area contributed by atoms with Gasteiger partial charge in [0.15, 0.2) is 0 Å². The van der Waals surface area contributed by atoms with Gasteiger partial charge in [0.05, 0.1) is 37.7 Å². The van der Waals surface area contributed by atoms with Gasteiger partial charge in [-0.1, -0.05) is 34.8 Å². The number of benzene rings is 1. The molecule has 1 heterocycles. The summed E-state index contributed by atoms with van der Waals surface area (Å²) in [5.41, 5.74) is 3.16. The Morgan fingerprint density at radius 2 is 1.65 bits per heavy atom. The third-order valence-electron chi connectivity index (χ3n) is 2.72. The second kappa shape index (κ2) is 5.88. The van der Waals surface area contributed by atoms with Crippen molar-refractivity contribution in [1.29, 1.82) is 5.26 Å². The first-order valence-electron chi connectivity index (χ1n) is 5.72. The van der Waals surface area contributed by atoms with E-state index in [-0.39, 0.29) is 0 Å². The molecule has 0 bridgehead atoms. The lowest BCUT2D eigenvalue weighted by molar-refractivity contribution is 1.11. The predicted octanol–water partition coefficient (Wildman–Crippen LogP) is 5.27. The van der Waals surface area contributed by atoms with Gasteiger partial charge in [-0.15, -0.1) is 0 Å². The standard InChI is InChI=1S/C14H10Cl3N3/c1-7-3-13(9(6-18)8(2)19-7)20-14-5-11(16)10(15)4-12(14)17/h3-5H,1-2H3,(H,19,20). The molecule has 0 aliphatic rings. The van der Waals surface area contributed by atoms with Crippen molar-refractivity contribution >= 4 is 46.2 Å². The van der Waals surface area contributed by atoms with Crippen molar-refractivity contribution in [2.75, 3.05) is 5.32 Å². The van der Waals surface area contributed by atoms with E-state index in [1.54, 1.807) is 25.1 Å². The van der Waals surface area contributed by atoms with Crippen LogP contribution in [-0.4, -0.2) is 4.98 Å². The van der Waals surface area contributed by atoms with E-state index in [1.807, 2.05) is 6.92 Å². The fourth-order valence-corrected chi connectivity index (χ4v) is 2.43. The first kappa shape index (κ1) is 14.9. The average molecular weight is 327 g/mol. The van der Waals surface area contributed by atoms with Crippen molar-refractivity contribution < 1.29 is 0 Å². The summed E-state index contributed by atoms with van der Waals surface area (Å²) in [6, 6.07) is 7.09. The van der Waals surface area contributed by atoms with Crippen LogP contribution in [0.3, 0.4) is 0 Å². The normalized spacial score (nSPS) is 10.2. The molecular formula is C14H10Cl3N3. The fraction of sp³-hybridized carbons (Fsp3) is 0.143. The Labute approximate surface area is 132 Å². The highest BCUT2D eigenvalue weighted by Gasteiger charge is 2.11. The molecule has 1 aromatic heterocycles. The summed E-state index contributed by atoms with van der Waals surface area (Å²) in [7, 11) is 0. The number of nitrogens with zero attached hydrogens (tertiary/aromatic N) is 2. The Bertz CT molecular complexity index is 721. The number of nitriles is 1. The molecule has 20 heavy (non-hydrogen) atoms. The van der Waals surface area contributed by atoms with E-state index in [9.17, 15) is 5.26 Å². The fourth-order valence-electron chi connectivity index (χ4n) is 1.83. The Hall–Kier alpha value is -1.47. The Balaban J connectivity index is 2.51. The maximum Gasteiger partial charge on any atom is 0.103 e.